The van der Waals surface area contributed by atoms with Crippen molar-refractivity contribution in [2.45, 2.75) is 39.2 Å². The molecule has 0 bridgehead atoms. The van der Waals surface area contributed by atoms with Gasteiger partial charge in [-0.15, -0.1) is 0 Å². The van der Waals surface area contributed by atoms with Crippen molar-refractivity contribution in [1.82, 2.24) is 15.2 Å². The Hall–Kier alpha value is -1.81. The first kappa shape index (κ1) is 15.1. The number of benzene rings is 1. The second kappa shape index (κ2) is 6.53. The van der Waals surface area contributed by atoms with Crippen molar-refractivity contribution in [3.63, 3.8) is 0 Å². The first-order chi connectivity index (χ1) is 10.7. The van der Waals surface area contributed by atoms with Crippen LogP contribution in [0.1, 0.15) is 30.9 Å². The summed E-state index contributed by atoms with van der Waals surface area (Å²) in [5.41, 5.74) is 3.45. The minimum Gasteiger partial charge on any atom is -0.361 e. The van der Waals surface area contributed by atoms with Crippen molar-refractivity contribution in [1.29, 1.82) is 0 Å². The SMILES string of the molecule is CCCN(C(=O)Cc1c[nH]c2cc(C)ccc12)C1CCNC1. The van der Waals surface area contributed by atoms with Gasteiger partial charge in [0.15, 0.2) is 0 Å². The Labute approximate surface area is 131 Å². The first-order valence-electron chi connectivity index (χ1n) is 8.26. The molecule has 0 aliphatic carbocycles. The number of aryl methyl sites for hydroxylation is 1. The van der Waals surface area contributed by atoms with Crippen LogP contribution in [-0.4, -0.2) is 41.5 Å². The molecule has 2 heterocycles. The van der Waals surface area contributed by atoms with Crippen LogP contribution in [0.4, 0.5) is 0 Å². The van der Waals surface area contributed by atoms with Crippen LogP contribution in [0.3, 0.4) is 0 Å². The van der Waals surface area contributed by atoms with Gasteiger partial charge in [-0.05, 0) is 43.5 Å². The van der Waals surface area contributed by atoms with E-state index in [1.807, 2.05) is 6.20 Å². The van der Waals surface area contributed by atoms with E-state index in [4.69, 9.17) is 0 Å². The normalized spacial score (nSPS) is 18.0. The number of aromatic nitrogens is 1. The lowest BCUT2D eigenvalue weighted by Crippen LogP contribution is -2.42. The summed E-state index contributed by atoms with van der Waals surface area (Å²) < 4.78 is 0. The smallest absolute Gasteiger partial charge is 0.227 e. The number of carbonyl (C=O) groups excluding carboxylic acids is 1. The lowest BCUT2D eigenvalue weighted by atomic mass is 10.1. The zero-order valence-electron chi connectivity index (χ0n) is 13.5. The van der Waals surface area contributed by atoms with Crippen LogP contribution < -0.4 is 5.32 Å². The third-order valence-electron chi connectivity index (χ3n) is 4.52. The van der Waals surface area contributed by atoms with Gasteiger partial charge in [-0.2, -0.15) is 0 Å². The van der Waals surface area contributed by atoms with Crippen molar-refractivity contribution in [2.24, 2.45) is 0 Å². The van der Waals surface area contributed by atoms with Crippen LogP contribution >= 0.6 is 0 Å². The standard InChI is InChI=1S/C18H25N3O/c1-3-8-21(15-6-7-19-12-15)18(22)10-14-11-20-17-9-13(2)4-5-16(14)17/h4-5,9,11,15,19-20H,3,6-8,10,12H2,1-2H3. The molecule has 4 heteroatoms. The predicted octanol–water partition coefficient (Wildman–Crippen LogP) is 2.62. The van der Waals surface area contributed by atoms with Crippen molar-refractivity contribution >= 4 is 16.8 Å². The van der Waals surface area contributed by atoms with E-state index in [1.54, 1.807) is 0 Å². The van der Waals surface area contributed by atoms with Crippen molar-refractivity contribution in [3.8, 4) is 0 Å². The molecule has 0 radical (unpaired) electrons. The zero-order valence-corrected chi connectivity index (χ0v) is 13.5. The van der Waals surface area contributed by atoms with Gasteiger partial charge in [0.1, 0.15) is 0 Å². The van der Waals surface area contributed by atoms with Gasteiger partial charge < -0.3 is 15.2 Å². The molecule has 1 unspecified atom stereocenters. The fraction of sp³-hybridized carbons (Fsp3) is 0.500. The van der Waals surface area contributed by atoms with Crippen LogP contribution in [0.2, 0.25) is 0 Å². The summed E-state index contributed by atoms with van der Waals surface area (Å²) in [4.78, 5) is 18.2. The van der Waals surface area contributed by atoms with Gasteiger partial charge in [0.2, 0.25) is 5.91 Å². The summed E-state index contributed by atoms with van der Waals surface area (Å²) in [6.07, 6.45) is 4.55. The van der Waals surface area contributed by atoms with Crippen molar-refractivity contribution in [3.05, 3.63) is 35.5 Å². The average molecular weight is 299 g/mol. The van der Waals surface area contributed by atoms with E-state index >= 15 is 0 Å². The van der Waals surface area contributed by atoms with Crippen LogP contribution in [0.5, 0.6) is 0 Å². The lowest BCUT2D eigenvalue weighted by Gasteiger charge is -2.28. The van der Waals surface area contributed by atoms with Crippen LogP contribution in [0.25, 0.3) is 10.9 Å². The highest BCUT2D eigenvalue weighted by molar-refractivity contribution is 5.89. The molecular weight excluding hydrogens is 274 g/mol. The molecule has 1 aromatic heterocycles. The molecule has 1 aromatic carbocycles. The van der Waals surface area contributed by atoms with Gasteiger partial charge in [0, 0.05) is 36.2 Å². The summed E-state index contributed by atoms with van der Waals surface area (Å²) in [6, 6.07) is 6.72. The van der Waals surface area contributed by atoms with Gasteiger partial charge >= 0.3 is 0 Å². The number of H-pyrrole nitrogens is 1. The minimum atomic E-state index is 0.247. The Bertz CT molecular complexity index is 655. The van der Waals surface area contributed by atoms with E-state index in [-0.39, 0.29) is 5.91 Å². The number of fused-ring (bicyclic) bond motifs is 1. The molecule has 1 fully saturated rings. The first-order valence-corrected chi connectivity index (χ1v) is 8.26. The Balaban J connectivity index is 1.78. The molecule has 1 aliphatic heterocycles. The molecule has 0 saturated carbocycles. The van der Waals surface area contributed by atoms with Gasteiger partial charge in [0.25, 0.3) is 0 Å². The quantitative estimate of drug-likeness (QED) is 0.891. The van der Waals surface area contributed by atoms with E-state index in [1.165, 1.54) is 10.9 Å². The van der Waals surface area contributed by atoms with Crippen LogP contribution in [0, 0.1) is 6.92 Å². The third-order valence-corrected chi connectivity index (χ3v) is 4.52. The second-order valence-electron chi connectivity index (χ2n) is 6.27. The van der Waals surface area contributed by atoms with E-state index in [2.05, 4.69) is 47.2 Å². The topological polar surface area (TPSA) is 48.1 Å². The Morgan fingerprint density at radius 2 is 2.27 bits per heavy atom. The number of rotatable bonds is 5. The Morgan fingerprint density at radius 1 is 1.41 bits per heavy atom. The molecule has 2 N–H and O–H groups in total. The lowest BCUT2D eigenvalue weighted by molar-refractivity contribution is -0.132. The number of nitrogens with one attached hydrogen (secondary N) is 2. The maximum atomic E-state index is 12.8. The molecule has 22 heavy (non-hydrogen) atoms. The largest absolute Gasteiger partial charge is 0.361 e. The number of amides is 1. The summed E-state index contributed by atoms with van der Waals surface area (Å²) in [5.74, 6) is 0.247. The molecule has 1 aliphatic rings. The van der Waals surface area contributed by atoms with Gasteiger partial charge in [-0.1, -0.05) is 19.1 Å². The Morgan fingerprint density at radius 3 is 3.00 bits per heavy atom. The highest BCUT2D eigenvalue weighted by Crippen LogP contribution is 2.21. The highest BCUT2D eigenvalue weighted by Gasteiger charge is 2.26. The molecule has 1 atom stereocenters. The monoisotopic (exact) mass is 299 g/mol. The van der Waals surface area contributed by atoms with Gasteiger partial charge in [0.05, 0.1) is 6.42 Å². The number of hydrogen-bond acceptors (Lipinski definition) is 2. The Kier molecular flexibility index (Phi) is 4.48. The second-order valence-corrected chi connectivity index (χ2v) is 6.27. The van der Waals surface area contributed by atoms with E-state index in [9.17, 15) is 4.79 Å². The summed E-state index contributed by atoms with van der Waals surface area (Å²) >= 11 is 0. The molecular formula is C18H25N3O. The maximum absolute atomic E-state index is 12.8. The molecule has 0 spiro atoms. The van der Waals surface area contributed by atoms with Crippen molar-refractivity contribution in [2.75, 3.05) is 19.6 Å². The molecule has 4 nitrogen and oxygen atoms in total. The van der Waals surface area contributed by atoms with Crippen LogP contribution in [0.15, 0.2) is 24.4 Å². The third kappa shape index (κ3) is 3.02. The number of hydrogen-bond donors (Lipinski definition) is 2. The predicted molar refractivity (Wildman–Crippen MR) is 90.0 cm³/mol. The molecule has 2 aromatic rings. The van der Waals surface area contributed by atoms with E-state index in [0.29, 0.717) is 12.5 Å². The zero-order chi connectivity index (χ0) is 15.5. The van der Waals surface area contributed by atoms with E-state index in [0.717, 1.165) is 43.6 Å². The van der Waals surface area contributed by atoms with Gasteiger partial charge in [-0.3, -0.25) is 4.79 Å². The fourth-order valence-electron chi connectivity index (χ4n) is 3.37. The molecule has 118 valence electrons. The molecule has 1 amide bonds. The fourth-order valence-corrected chi connectivity index (χ4v) is 3.37. The van der Waals surface area contributed by atoms with Gasteiger partial charge in [-0.25, -0.2) is 0 Å². The maximum Gasteiger partial charge on any atom is 0.227 e. The molecule has 1 saturated heterocycles. The summed E-state index contributed by atoms with van der Waals surface area (Å²) in [7, 11) is 0. The van der Waals surface area contributed by atoms with Crippen molar-refractivity contribution < 1.29 is 4.79 Å². The average Bonchev–Trinajstić information content (AvgIpc) is 3.14. The highest BCUT2D eigenvalue weighted by atomic mass is 16.2. The summed E-state index contributed by atoms with van der Waals surface area (Å²) in [5, 5.41) is 4.53. The number of nitrogens with zero attached hydrogens (tertiary/aromatic N) is 1. The van der Waals surface area contributed by atoms with E-state index < -0.39 is 0 Å². The molecule has 3 rings (SSSR count). The summed E-state index contributed by atoms with van der Waals surface area (Å²) in [6.45, 7) is 7.02. The van der Waals surface area contributed by atoms with Crippen LogP contribution in [-0.2, 0) is 11.2 Å². The minimum absolute atomic E-state index is 0.247. The number of carbonyl (C=O) groups is 1. The number of aromatic amines is 1.